The molecule has 1 atom stereocenters. The minimum absolute atomic E-state index is 0.0118. The van der Waals surface area contributed by atoms with E-state index in [1.807, 2.05) is 12.1 Å². The van der Waals surface area contributed by atoms with Gasteiger partial charge in [-0.2, -0.15) is 0 Å². The largest absolute Gasteiger partial charge is 0.414 e. The number of nitrogens with zero attached hydrogens (tertiary/aromatic N) is 4. The highest BCUT2D eigenvalue weighted by Crippen LogP contribution is 2.49. The zero-order valence-electron chi connectivity index (χ0n) is 17.8. The number of nitrogen functional groups attached to an aromatic ring is 1. The third kappa shape index (κ3) is 3.20. The van der Waals surface area contributed by atoms with Gasteiger partial charge in [-0.05, 0) is 50.6 Å². The van der Waals surface area contributed by atoms with Gasteiger partial charge in [0.25, 0.3) is 5.89 Å². The third-order valence-corrected chi connectivity index (χ3v) is 8.34. The number of aromatic nitrogens is 4. The van der Waals surface area contributed by atoms with Gasteiger partial charge in [-0.3, -0.25) is 0 Å². The summed E-state index contributed by atoms with van der Waals surface area (Å²) in [6, 6.07) is 11.7. The van der Waals surface area contributed by atoms with E-state index in [1.165, 1.54) is 32.2 Å². The first-order chi connectivity index (χ1) is 15.6. The van der Waals surface area contributed by atoms with Gasteiger partial charge in [0, 0.05) is 16.7 Å². The Morgan fingerprint density at radius 2 is 1.73 bits per heavy atom. The molecule has 1 aliphatic heterocycles. The smallest absolute Gasteiger partial charge is 0.270 e. The fourth-order valence-corrected chi connectivity index (χ4v) is 5.41. The van der Waals surface area contributed by atoms with Gasteiger partial charge < -0.3 is 10.2 Å². The standard InChI is InChI=1S/C23H19FN5O3S/c1-12-4-6-13(7-5-12)21-28-29-22(32-21)18-20(25)26-11-16(27-18)14-8-9-17-15(10-14)19(24)23(2,3)33(17,30)31/h4-11,19H,1H2,2-3H3,(H2,25,26)/t19-/m0/s1. The summed E-state index contributed by atoms with van der Waals surface area (Å²) in [4.78, 5) is 8.64. The van der Waals surface area contributed by atoms with Gasteiger partial charge in [-0.25, -0.2) is 22.8 Å². The summed E-state index contributed by atoms with van der Waals surface area (Å²) in [5, 5.41) is 8.08. The summed E-state index contributed by atoms with van der Waals surface area (Å²) in [5.74, 6) is 0.431. The number of benzene rings is 2. The van der Waals surface area contributed by atoms with E-state index in [9.17, 15) is 8.42 Å². The maximum Gasteiger partial charge on any atom is 0.270 e. The third-order valence-electron chi connectivity index (χ3n) is 5.80. The molecule has 0 aliphatic carbocycles. The highest BCUT2D eigenvalue weighted by Gasteiger charge is 2.52. The van der Waals surface area contributed by atoms with Crippen molar-refractivity contribution in [2.24, 2.45) is 0 Å². The van der Waals surface area contributed by atoms with Crippen molar-refractivity contribution in [2.45, 2.75) is 29.7 Å². The van der Waals surface area contributed by atoms with E-state index in [0.29, 0.717) is 16.8 Å². The minimum atomic E-state index is -3.78. The SMILES string of the molecule is [CH2]c1ccc(-c2nnc(-c3nc(-c4ccc5c(c4)[C@H](F)C(C)(C)S5(=O)=O)cnc3N)o2)cc1. The molecule has 5 rings (SSSR count). The Morgan fingerprint density at radius 3 is 2.45 bits per heavy atom. The van der Waals surface area contributed by atoms with Crippen LogP contribution in [0.25, 0.3) is 34.3 Å². The van der Waals surface area contributed by atoms with Gasteiger partial charge in [0.05, 0.1) is 16.8 Å². The second kappa shape index (κ2) is 7.17. The molecule has 2 aromatic heterocycles. The zero-order chi connectivity index (χ0) is 23.5. The van der Waals surface area contributed by atoms with E-state index in [1.54, 1.807) is 18.2 Å². The molecule has 2 N–H and O–H groups in total. The summed E-state index contributed by atoms with van der Waals surface area (Å²) in [6.07, 6.45) is -0.242. The molecule has 0 saturated carbocycles. The number of hydrogen-bond acceptors (Lipinski definition) is 8. The molecule has 33 heavy (non-hydrogen) atoms. The molecule has 0 bridgehead atoms. The Bertz CT molecular complexity index is 1500. The summed E-state index contributed by atoms with van der Waals surface area (Å²) in [6.45, 7) is 6.60. The fraction of sp³-hybridized carbons (Fsp3) is 0.174. The zero-order valence-corrected chi connectivity index (χ0v) is 18.6. The van der Waals surface area contributed by atoms with Crippen LogP contribution in [0.2, 0.25) is 0 Å². The van der Waals surface area contributed by atoms with E-state index in [4.69, 9.17) is 10.2 Å². The van der Waals surface area contributed by atoms with Gasteiger partial charge in [0.15, 0.2) is 21.3 Å². The molecule has 0 unspecified atom stereocenters. The van der Waals surface area contributed by atoms with Crippen molar-refractivity contribution >= 4 is 15.7 Å². The maximum atomic E-state index is 15.0. The number of sulfone groups is 1. The number of nitrogens with two attached hydrogens (primary N) is 1. The first kappa shape index (κ1) is 21.2. The van der Waals surface area contributed by atoms with Crippen molar-refractivity contribution in [1.82, 2.24) is 20.2 Å². The molecule has 10 heteroatoms. The normalized spacial score (nSPS) is 18.2. The summed E-state index contributed by atoms with van der Waals surface area (Å²) in [7, 11) is -3.78. The topological polar surface area (TPSA) is 125 Å². The minimum Gasteiger partial charge on any atom is -0.414 e. The highest BCUT2D eigenvalue weighted by molar-refractivity contribution is 7.93. The average Bonchev–Trinajstić information content (AvgIpc) is 3.32. The molecule has 4 aromatic rings. The van der Waals surface area contributed by atoms with Crippen LogP contribution < -0.4 is 5.73 Å². The lowest BCUT2D eigenvalue weighted by molar-refractivity contribution is 0.284. The van der Waals surface area contributed by atoms with Crippen LogP contribution in [-0.4, -0.2) is 33.3 Å². The lowest BCUT2D eigenvalue weighted by Crippen LogP contribution is -2.30. The van der Waals surface area contributed by atoms with Crippen molar-refractivity contribution in [1.29, 1.82) is 0 Å². The first-order valence-corrected chi connectivity index (χ1v) is 11.5. The van der Waals surface area contributed by atoms with Crippen molar-refractivity contribution in [3.8, 4) is 34.3 Å². The number of halogens is 1. The molecule has 1 radical (unpaired) electrons. The van der Waals surface area contributed by atoms with Gasteiger partial charge in [0.2, 0.25) is 5.89 Å². The van der Waals surface area contributed by atoms with Crippen LogP contribution in [0.1, 0.15) is 31.1 Å². The molecule has 0 spiro atoms. The number of hydrogen-bond donors (Lipinski definition) is 1. The van der Waals surface area contributed by atoms with Crippen LogP contribution in [-0.2, 0) is 9.84 Å². The van der Waals surface area contributed by atoms with Gasteiger partial charge in [-0.1, -0.05) is 18.2 Å². The monoisotopic (exact) mass is 464 g/mol. The molecule has 8 nitrogen and oxygen atoms in total. The van der Waals surface area contributed by atoms with Crippen LogP contribution in [0.4, 0.5) is 10.2 Å². The molecule has 2 aromatic carbocycles. The lowest BCUT2D eigenvalue weighted by atomic mass is 9.98. The van der Waals surface area contributed by atoms with E-state index in [0.717, 1.165) is 5.56 Å². The lowest BCUT2D eigenvalue weighted by Gasteiger charge is -2.19. The fourth-order valence-electron chi connectivity index (χ4n) is 3.72. The maximum absolute atomic E-state index is 15.0. The highest BCUT2D eigenvalue weighted by atomic mass is 32.2. The van der Waals surface area contributed by atoms with Gasteiger partial charge >= 0.3 is 0 Å². The predicted molar refractivity (Wildman–Crippen MR) is 120 cm³/mol. The Labute approximate surface area is 189 Å². The van der Waals surface area contributed by atoms with E-state index >= 15 is 4.39 Å². The van der Waals surface area contributed by atoms with Crippen LogP contribution in [0.3, 0.4) is 0 Å². The number of alkyl halides is 1. The van der Waals surface area contributed by atoms with Crippen molar-refractivity contribution in [3.05, 3.63) is 66.7 Å². The number of rotatable bonds is 3. The summed E-state index contributed by atoms with van der Waals surface area (Å²) < 4.78 is 44.6. The Kier molecular flexibility index (Phi) is 4.61. The van der Waals surface area contributed by atoms with Crippen LogP contribution in [0, 0.1) is 6.92 Å². The quantitative estimate of drug-likeness (QED) is 0.478. The molecule has 0 amide bonds. The molecular weight excluding hydrogens is 445 g/mol. The molecular formula is C23H19FN5O3S. The van der Waals surface area contributed by atoms with Gasteiger partial charge in [-0.15, -0.1) is 10.2 Å². The average molecular weight is 465 g/mol. The van der Waals surface area contributed by atoms with E-state index < -0.39 is 20.8 Å². The Morgan fingerprint density at radius 1 is 1.06 bits per heavy atom. The molecule has 167 valence electrons. The van der Waals surface area contributed by atoms with Crippen molar-refractivity contribution in [3.63, 3.8) is 0 Å². The molecule has 0 saturated heterocycles. The van der Waals surface area contributed by atoms with Crippen molar-refractivity contribution < 1.29 is 17.2 Å². The molecule has 1 aliphatic rings. The van der Waals surface area contributed by atoms with Gasteiger partial charge in [0.1, 0.15) is 10.9 Å². The van der Waals surface area contributed by atoms with E-state index in [-0.39, 0.29) is 33.8 Å². The molecule has 3 heterocycles. The first-order valence-electron chi connectivity index (χ1n) is 10.0. The van der Waals surface area contributed by atoms with E-state index in [2.05, 4.69) is 27.1 Å². The van der Waals surface area contributed by atoms with Crippen LogP contribution in [0.15, 0.2) is 58.0 Å². The number of fused-ring (bicyclic) bond motifs is 1. The van der Waals surface area contributed by atoms with Crippen LogP contribution >= 0.6 is 0 Å². The second-order valence-electron chi connectivity index (χ2n) is 8.32. The molecule has 0 fully saturated rings. The second-order valence-corrected chi connectivity index (χ2v) is 10.8. The number of anilines is 1. The summed E-state index contributed by atoms with van der Waals surface area (Å²) in [5.41, 5.74) is 8.68. The Balaban J connectivity index is 1.55. The van der Waals surface area contributed by atoms with Crippen LogP contribution in [0.5, 0.6) is 0 Å². The Hall–Kier alpha value is -3.66. The van der Waals surface area contributed by atoms with Crippen molar-refractivity contribution in [2.75, 3.05) is 5.73 Å². The predicted octanol–water partition coefficient (Wildman–Crippen LogP) is 4.20. The summed E-state index contributed by atoms with van der Waals surface area (Å²) >= 11 is 0.